The molecule has 1 heterocycles. The molecule has 0 fully saturated rings. The second-order valence-corrected chi connectivity index (χ2v) is 5.75. The standard InChI is InChI=1S/C16H19BrN2/c1-12-5-4-6-14(11-12)9-10-19(3)16-8-7-15(17)13(2)18-16/h4-8,11H,9-10H2,1-3H3. The Bertz CT molecular complexity index is 566. The van der Waals surface area contributed by atoms with Crippen LogP contribution in [0.15, 0.2) is 40.9 Å². The maximum atomic E-state index is 4.58. The number of halogens is 1. The minimum Gasteiger partial charge on any atom is -0.359 e. The summed E-state index contributed by atoms with van der Waals surface area (Å²) >= 11 is 3.48. The molecule has 100 valence electrons. The topological polar surface area (TPSA) is 16.1 Å². The molecule has 0 unspecified atom stereocenters. The van der Waals surface area contributed by atoms with Crippen LogP contribution in [0.5, 0.6) is 0 Å². The molecular formula is C16H19BrN2. The number of likely N-dealkylation sites (N-methyl/N-ethyl adjacent to an activating group) is 1. The zero-order valence-corrected chi connectivity index (χ0v) is 13.2. The van der Waals surface area contributed by atoms with Crippen LogP contribution in [0, 0.1) is 13.8 Å². The fourth-order valence-corrected chi connectivity index (χ4v) is 2.24. The van der Waals surface area contributed by atoms with Crippen LogP contribution in [-0.4, -0.2) is 18.6 Å². The molecular weight excluding hydrogens is 300 g/mol. The van der Waals surface area contributed by atoms with Crippen LogP contribution in [-0.2, 0) is 6.42 Å². The van der Waals surface area contributed by atoms with Crippen molar-refractivity contribution in [1.29, 1.82) is 0 Å². The zero-order valence-electron chi connectivity index (χ0n) is 11.7. The van der Waals surface area contributed by atoms with Gasteiger partial charge < -0.3 is 4.90 Å². The van der Waals surface area contributed by atoms with E-state index in [9.17, 15) is 0 Å². The van der Waals surface area contributed by atoms with Gasteiger partial charge in [-0.1, -0.05) is 29.8 Å². The monoisotopic (exact) mass is 318 g/mol. The molecule has 1 aromatic heterocycles. The number of rotatable bonds is 4. The number of anilines is 1. The van der Waals surface area contributed by atoms with Gasteiger partial charge in [-0.25, -0.2) is 4.98 Å². The van der Waals surface area contributed by atoms with E-state index in [1.54, 1.807) is 0 Å². The molecule has 0 saturated carbocycles. The van der Waals surface area contributed by atoms with Gasteiger partial charge in [0.1, 0.15) is 5.82 Å². The van der Waals surface area contributed by atoms with Crippen LogP contribution in [0.25, 0.3) is 0 Å². The molecule has 0 bridgehead atoms. The first-order chi connectivity index (χ1) is 9.06. The van der Waals surface area contributed by atoms with Crippen molar-refractivity contribution in [3.63, 3.8) is 0 Å². The van der Waals surface area contributed by atoms with Crippen LogP contribution in [0.1, 0.15) is 16.8 Å². The fraction of sp³-hybridized carbons (Fsp3) is 0.312. The van der Waals surface area contributed by atoms with Crippen molar-refractivity contribution in [3.05, 3.63) is 57.7 Å². The quantitative estimate of drug-likeness (QED) is 0.842. The largest absolute Gasteiger partial charge is 0.359 e. The third-order valence-electron chi connectivity index (χ3n) is 3.22. The van der Waals surface area contributed by atoms with Gasteiger partial charge >= 0.3 is 0 Å². The van der Waals surface area contributed by atoms with E-state index in [1.807, 2.05) is 13.0 Å². The normalized spacial score (nSPS) is 10.5. The van der Waals surface area contributed by atoms with Crippen molar-refractivity contribution in [3.8, 4) is 0 Å². The Morgan fingerprint density at radius 2 is 1.95 bits per heavy atom. The molecule has 2 aromatic rings. The number of pyridine rings is 1. The van der Waals surface area contributed by atoms with Gasteiger partial charge in [0.25, 0.3) is 0 Å². The lowest BCUT2D eigenvalue weighted by Crippen LogP contribution is -2.21. The van der Waals surface area contributed by atoms with E-state index in [0.29, 0.717) is 0 Å². The molecule has 1 aromatic carbocycles. The molecule has 0 aliphatic heterocycles. The summed E-state index contributed by atoms with van der Waals surface area (Å²) < 4.78 is 1.06. The summed E-state index contributed by atoms with van der Waals surface area (Å²) in [6.07, 6.45) is 1.04. The number of aromatic nitrogens is 1. The Labute approximate surface area is 123 Å². The van der Waals surface area contributed by atoms with Crippen LogP contribution < -0.4 is 4.90 Å². The van der Waals surface area contributed by atoms with Gasteiger partial charge in [0.15, 0.2) is 0 Å². The molecule has 3 heteroatoms. The molecule has 0 aliphatic carbocycles. The second kappa shape index (κ2) is 6.20. The van der Waals surface area contributed by atoms with Crippen molar-refractivity contribution in [2.75, 3.05) is 18.5 Å². The molecule has 0 saturated heterocycles. The Kier molecular flexibility index (Phi) is 4.59. The summed E-state index contributed by atoms with van der Waals surface area (Å²) in [4.78, 5) is 6.78. The molecule has 19 heavy (non-hydrogen) atoms. The van der Waals surface area contributed by atoms with Crippen molar-refractivity contribution in [2.45, 2.75) is 20.3 Å². The van der Waals surface area contributed by atoms with Crippen molar-refractivity contribution < 1.29 is 0 Å². The number of aryl methyl sites for hydroxylation is 2. The molecule has 0 radical (unpaired) electrons. The van der Waals surface area contributed by atoms with Crippen molar-refractivity contribution in [1.82, 2.24) is 4.98 Å². The highest BCUT2D eigenvalue weighted by Gasteiger charge is 2.05. The Morgan fingerprint density at radius 3 is 2.63 bits per heavy atom. The van der Waals surface area contributed by atoms with Gasteiger partial charge in [0.2, 0.25) is 0 Å². The number of hydrogen-bond acceptors (Lipinski definition) is 2. The van der Waals surface area contributed by atoms with Crippen LogP contribution in [0.2, 0.25) is 0 Å². The van der Waals surface area contributed by atoms with E-state index in [4.69, 9.17) is 0 Å². The number of hydrogen-bond donors (Lipinski definition) is 0. The predicted octanol–water partition coefficient (Wildman–Crippen LogP) is 4.14. The van der Waals surface area contributed by atoms with Gasteiger partial charge in [-0.15, -0.1) is 0 Å². The average molecular weight is 319 g/mol. The molecule has 0 amide bonds. The number of benzene rings is 1. The second-order valence-electron chi connectivity index (χ2n) is 4.90. The van der Waals surface area contributed by atoms with E-state index in [-0.39, 0.29) is 0 Å². The highest BCUT2D eigenvalue weighted by molar-refractivity contribution is 9.10. The molecule has 2 rings (SSSR count). The summed E-state index contributed by atoms with van der Waals surface area (Å²) in [6, 6.07) is 12.8. The highest BCUT2D eigenvalue weighted by Crippen LogP contribution is 2.18. The van der Waals surface area contributed by atoms with Gasteiger partial charge in [-0.3, -0.25) is 0 Å². The zero-order chi connectivity index (χ0) is 13.8. The SMILES string of the molecule is Cc1cccc(CCN(C)c2ccc(Br)c(C)n2)c1. The van der Waals surface area contributed by atoms with Gasteiger partial charge in [0.05, 0.1) is 5.69 Å². The van der Waals surface area contributed by atoms with Gasteiger partial charge in [0, 0.05) is 18.1 Å². The van der Waals surface area contributed by atoms with E-state index >= 15 is 0 Å². The number of nitrogens with zero attached hydrogens (tertiary/aromatic N) is 2. The maximum absolute atomic E-state index is 4.58. The molecule has 2 nitrogen and oxygen atoms in total. The highest BCUT2D eigenvalue weighted by atomic mass is 79.9. The van der Waals surface area contributed by atoms with E-state index in [2.05, 4.69) is 70.1 Å². The van der Waals surface area contributed by atoms with Crippen LogP contribution >= 0.6 is 15.9 Å². The van der Waals surface area contributed by atoms with Crippen LogP contribution in [0.4, 0.5) is 5.82 Å². The van der Waals surface area contributed by atoms with Crippen LogP contribution in [0.3, 0.4) is 0 Å². The first kappa shape index (κ1) is 14.1. The van der Waals surface area contributed by atoms with E-state index in [0.717, 1.165) is 29.0 Å². The van der Waals surface area contributed by atoms with Crippen molar-refractivity contribution >= 4 is 21.7 Å². The molecule has 0 N–H and O–H groups in total. The summed E-state index contributed by atoms with van der Waals surface area (Å²) in [5, 5.41) is 0. The average Bonchev–Trinajstić information content (AvgIpc) is 2.39. The summed E-state index contributed by atoms with van der Waals surface area (Å²) in [5.74, 6) is 1.02. The molecule has 0 atom stereocenters. The Balaban J connectivity index is 2.01. The third-order valence-corrected chi connectivity index (χ3v) is 4.05. The van der Waals surface area contributed by atoms with E-state index in [1.165, 1.54) is 11.1 Å². The lowest BCUT2D eigenvalue weighted by atomic mass is 10.1. The summed E-state index contributed by atoms with van der Waals surface area (Å²) in [5.41, 5.74) is 3.72. The first-order valence-corrected chi connectivity index (χ1v) is 7.25. The minimum atomic E-state index is 0.970. The lowest BCUT2D eigenvalue weighted by molar-refractivity contribution is 0.855. The fourth-order valence-electron chi connectivity index (χ4n) is 2.02. The maximum Gasteiger partial charge on any atom is 0.128 e. The summed E-state index contributed by atoms with van der Waals surface area (Å²) in [6.45, 7) is 5.12. The van der Waals surface area contributed by atoms with Gasteiger partial charge in [-0.2, -0.15) is 0 Å². The third kappa shape index (κ3) is 3.80. The molecule has 0 spiro atoms. The molecule has 0 aliphatic rings. The smallest absolute Gasteiger partial charge is 0.128 e. The minimum absolute atomic E-state index is 0.970. The van der Waals surface area contributed by atoms with E-state index < -0.39 is 0 Å². The first-order valence-electron chi connectivity index (χ1n) is 6.46. The Morgan fingerprint density at radius 1 is 1.16 bits per heavy atom. The van der Waals surface area contributed by atoms with Crippen molar-refractivity contribution in [2.24, 2.45) is 0 Å². The summed E-state index contributed by atoms with van der Waals surface area (Å²) in [7, 11) is 2.09. The Hall–Kier alpha value is -1.35. The van der Waals surface area contributed by atoms with Gasteiger partial charge in [-0.05, 0) is 53.9 Å². The predicted molar refractivity (Wildman–Crippen MR) is 84.8 cm³/mol. The lowest BCUT2D eigenvalue weighted by Gasteiger charge is -2.19.